The molecule has 0 N–H and O–H groups in total. The highest BCUT2D eigenvalue weighted by Crippen LogP contribution is 2.23. The minimum absolute atomic E-state index is 0.127. The van der Waals surface area contributed by atoms with Gasteiger partial charge in [0.2, 0.25) is 5.91 Å². The Labute approximate surface area is 98.5 Å². The van der Waals surface area contributed by atoms with Crippen LogP contribution < -0.4 is 0 Å². The van der Waals surface area contributed by atoms with Gasteiger partial charge in [-0.2, -0.15) is 0 Å². The van der Waals surface area contributed by atoms with E-state index in [1.54, 1.807) is 19.3 Å². The normalized spacial score (nSPS) is 22.0. The van der Waals surface area contributed by atoms with Crippen molar-refractivity contribution in [3.05, 3.63) is 12.2 Å². The standard InChI is InChI=1S/C13H23NO2/c1-11(2)12-6-4-8-14(10-12)13(15)7-5-9-16-3/h5,7,11-12H,4,6,8-10H2,1-3H3/b7-5+/t12-/m1/s1. The molecular weight excluding hydrogens is 202 g/mol. The first-order valence-corrected chi connectivity index (χ1v) is 6.09. The first-order chi connectivity index (χ1) is 7.65. The van der Waals surface area contributed by atoms with Crippen molar-refractivity contribution >= 4 is 5.91 Å². The molecule has 1 aliphatic rings. The van der Waals surface area contributed by atoms with Crippen LogP contribution in [-0.2, 0) is 9.53 Å². The van der Waals surface area contributed by atoms with Crippen molar-refractivity contribution in [3.63, 3.8) is 0 Å². The van der Waals surface area contributed by atoms with E-state index in [1.807, 2.05) is 4.90 Å². The van der Waals surface area contributed by atoms with E-state index >= 15 is 0 Å². The molecule has 0 aromatic heterocycles. The molecule has 0 unspecified atom stereocenters. The van der Waals surface area contributed by atoms with Gasteiger partial charge in [-0.05, 0) is 24.7 Å². The number of hydrogen-bond donors (Lipinski definition) is 0. The lowest BCUT2D eigenvalue weighted by atomic mass is 9.88. The average molecular weight is 225 g/mol. The first-order valence-electron chi connectivity index (χ1n) is 6.09. The molecule has 16 heavy (non-hydrogen) atoms. The largest absolute Gasteiger partial charge is 0.381 e. The van der Waals surface area contributed by atoms with E-state index in [2.05, 4.69) is 13.8 Å². The maximum Gasteiger partial charge on any atom is 0.246 e. The Kier molecular flexibility index (Phi) is 5.53. The lowest BCUT2D eigenvalue weighted by Gasteiger charge is -2.34. The SMILES string of the molecule is COC/C=C/C(=O)N1CCC[C@@H](C(C)C)C1. The molecule has 1 aliphatic heterocycles. The van der Waals surface area contributed by atoms with Crippen molar-refractivity contribution in [1.29, 1.82) is 0 Å². The maximum atomic E-state index is 11.8. The monoisotopic (exact) mass is 225 g/mol. The van der Waals surface area contributed by atoms with Crippen LogP contribution in [0.4, 0.5) is 0 Å². The van der Waals surface area contributed by atoms with E-state index in [1.165, 1.54) is 6.42 Å². The lowest BCUT2D eigenvalue weighted by molar-refractivity contribution is -0.128. The molecule has 0 aromatic carbocycles. The zero-order chi connectivity index (χ0) is 12.0. The summed E-state index contributed by atoms with van der Waals surface area (Å²) in [5.74, 6) is 1.45. The predicted octanol–water partition coefficient (Wildman–Crippen LogP) is 2.08. The van der Waals surface area contributed by atoms with E-state index in [0.29, 0.717) is 18.4 Å². The summed E-state index contributed by atoms with van der Waals surface area (Å²) in [6.07, 6.45) is 5.80. The minimum Gasteiger partial charge on any atom is -0.381 e. The highest BCUT2D eigenvalue weighted by atomic mass is 16.5. The molecule has 1 fully saturated rings. The summed E-state index contributed by atoms with van der Waals surface area (Å²) in [7, 11) is 1.63. The molecule has 0 saturated carbocycles. The summed E-state index contributed by atoms with van der Waals surface area (Å²) in [6.45, 7) is 6.79. The number of likely N-dealkylation sites (tertiary alicyclic amines) is 1. The molecule has 0 aromatic rings. The van der Waals surface area contributed by atoms with Crippen LogP contribution in [0.3, 0.4) is 0 Å². The number of rotatable bonds is 4. The number of ether oxygens (including phenoxy) is 1. The summed E-state index contributed by atoms with van der Waals surface area (Å²) in [6, 6.07) is 0. The molecule has 0 spiro atoms. The Morgan fingerprint density at radius 1 is 1.56 bits per heavy atom. The molecule has 1 heterocycles. The fourth-order valence-corrected chi connectivity index (χ4v) is 2.10. The summed E-state index contributed by atoms with van der Waals surface area (Å²) in [5, 5.41) is 0. The molecule has 0 radical (unpaired) electrons. The van der Waals surface area contributed by atoms with Crippen molar-refractivity contribution in [1.82, 2.24) is 4.90 Å². The molecule has 0 aliphatic carbocycles. The lowest BCUT2D eigenvalue weighted by Crippen LogP contribution is -2.40. The van der Waals surface area contributed by atoms with Crippen LogP contribution in [0.15, 0.2) is 12.2 Å². The second-order valence-electron chi connectivity index (χ2n) is 4.79. The maximum absolute atomic E-state index is 11.8. The fourth-order valence-electron chi connectivity index (χ4n) is 2.10. The zero-order valence-corrected chi connectivity index (χ0v) is 10.6. The number of nitrogens with zero attached hydrogens (tertiary/aromatic N) is 1. The Morgan fingerprint density at radius 3 is 2.94 bits per heavy atom. The van der Waals surface area contributed by atoms with Gasteiger partial charge in [-0.1, -0.05) is 19.9 Å². The van der Waals surface area contributed by atoms with Gasteiger partial charge in [0.25, 0.3) is 0 Å². The molecule has 1 atom stereocenters. The third-order valence-electron chi connectivity index (χ3n) is 3.24. The second-order valence-corrected chi connectivity index (χ2v) is 4.79. The van der Waals surface area contributed by atoms with Crippen LogP contribution in [0, 0.1) is 11.8 Å². The quantitative estimate of drug-likeness (QED) is 0.686. The van der Waals surface area contributed by atoms with Crippen LogP contribution in [0.2, 0.25) is 0 Å². The Balaban J connectivity index is 2.44. The smallest absolute Gasteiger partial charge is 0.246 e. The van der Waals surface area contributed by atoms with Crippen LogP contribution >= 0.6 is 0 Å². The predicted molar refractivity (Wildman–Crippen MR) is 65.2 cm³/mol. The zero-order valence-electron chi connectivity index (χ0n) is 10.6. The minimum atomic E-state index is 0.127. The number of amides is 1. The Hall–Kier alpha value is -0.830. The third-order valence-corrected chi connectivity index (χ3v) is 3.24. The molecular formula is C13H23NO2. The van der Waals surface area contributed by atoms with Crippen LogP contribution in [-0.4, -0.2) is 37.6 Å². The van der Waals surface area contributed by atoms with Gasteiger partial charge in [0.05, 0.1) is 6.61 Å². The number of piperidine rings is 1. The fraction of sp³-hybridized carbons (Fsp3) is 0.769. The summed E-state index contributed by atoms with van der Waals surface area (Å²) < 4.78 is 4.88. The van der Waals surface area contributed by atoms with E-state index in [-0.39, 0.29) is 5.91 Å². The van der Waals surface area contributed by atoms with Crippen molar-refractivity contribution in [3.8, 4) is 0 Å². The number of methoxy groups -OCH3 is 1. The molecule has 3 heteroatoms. The van der Waals surface area contributed by atoms with Gasteiger partial charge in [-0.25, -0.2) is 0 Å². The molecule has 1 rings (SSSR count). The molecule has 92 valence electrons. The van der Waals surface area contributed by atoms with Gasteiger partial charge in [0.15, 0.2) is 0 Å². The van der Waals surface area contributed by atoms with E-state index in [9.17, 15) is 4.79 Å². The van der Waals surface area contributed by atoms with Crippen LogP contribution in [0.1, 0.15) is 26.7 Å². The molecule has 3 nitrogen and oxygen atoms in total. The summed E-state index contributed by atoms with van der Waals surface area (Å²) in [5.41, 5.74) is 0. The van der Waals surface area contributed by atoms with Crippen LogP contribution in [0.5, 0.6) is 0 Å². The van der Waals surface area contributed by atoms with E-state index in [4.69, 9.17) is 4.74 Å². The van der Waals surface area contributed by atoms with Crippen molar-refractivity contribution < 1.29 is 9.53 Å². The van der Waals surface area contributed by atoms with Crippen molar-refractivity contribution in [2.24, 2.45) is 11.8 Å². The van der Waals surface area contributed by atoms with Gasteiger partial charge >= 0.3 is 0 Å². The average Bonchev–Trinajstić information content (AvgIpc) is 2.29. The van der Waals surface area contributed by atoms with Gasteiger partial charge in [-0.15, -0.1) is 0 Å². The van der Waals surface area contributed by atoms with Gasteiger partial charge in [-0.3, -0.25) is 4.79 Å². The Bertz CT molecular complexity index is 248. The third kappa shape index (κ3) is 3.97. The molecule has 1 amide bonds. The summed E-state index contributed by atoms with van der Waals surface area (Å²) >= 11 is 0. The number of carbonyl (C=O) groups excluding carboxylic acids is 1. The Morgan fingerprint density at radius 2 is 2.31 bits per heavy atom. The number of hydrogen-bond acceptors (Lipinski definition) is 2. The van der Waals surface area contributed by atoms with Gasteiger partial charge < -0.3 is 9.64 Å². The number of carbonyl (C=O) groups is 1. The van der Waals surface area contributed by atoms with Gasteiger partial charge in [0, 0.05) is 26.3 Å². The van der Waals surface area contributed by atoms with Crippen molar-refractivity contribution in [2.75, 3.05) is 26.8 Å². The highest BCUT2D eigenvalue weighted by molar-refractivity contribution is 5.87. The van der Waals surface area contributed by atoms with Gasteiger partial charge in [0.1, 0.15) is 0 Å². The topological polar surface area (TPSA) is 29.5 Å². The molecule has 1 saturated heterocycles. The second kappa shape index (κ2) is 6.69. The highest BCUT2D eigenvalue weighted by Gasteiger charge is 2.24. The molecule has 0 bridgehead atoms. The van der Waals surface area contributed by atoms with E-state index < -0.39 is 0 Å². The first kappa shape index (κ1) is 13.2. The van der Waals surface area contributed by atoms with E-state index in [0.717, 1.165) is 19.5 Å². The van der Waals surface area contributed by atoms with Crippen LogP contribution in [0.25, 0.3) is 0 Å². The van der Waals surface area contributed by atoms with Crippen molar-refractivity contribution in [2.45, 2.75) is 26.7 Å². The summed E-state index contributed by atoms with van der Waals surface area (Å²) in [4.78, 5) is 13.8.